The number of carboxylic acids is 1. The number of rotatable bonds is 4. The fourth-order valence-electron chi connectivity index (χ4n) is 1.78. The average Bonchev–Trinajstić information content (AvgIpc) is 2.39. The van der Waals surface area contributed by atoms with E-state index in [2.05, 4.69) is 0 Å². The van der Waals surface area contributed by atoms with E-state index in [-0.39, 0.29) is 5.56 Å². The van der Waals surface area contributed by atoms with Gasteiger partial charge in [0.05, 0.1) is 17.2 Å². The lowest BCUT2D eigenvalue weighted by atomic mass is 10.0. The van der Waals surface area contributed by atoms with Gasteiger partial charge in [0.25, 0.3) is 0 Å². The fraction of sp³-hybridized carbons (Fsp3) is 0.133. The highest BCUT2D eigenvalue weighted by Crippen LogP contribution is 2.31. The minimum atomic E-state index is -0.940. The molecule has 2 aromatic carbocycles. The average molecular weight is 277 g/mol. The van der Waals surface area contributed by atoms with Crippen LogP contribution in [0.4, 0.5) is 0 Å². The second kappa shape index (κ2) is 5.76. The van der Waals surface area contributed by atoms with Crippen molar-refractivity contribution in [1.29, 1.82) is 0 Å². The summed E-state index contributed by atoms with van der Waals surface area (Å²) < 4.78 is 5.37. The number of aromatic carboxylic acids is 1. The molecule has 2 rings (SSSR count). The Kier molecular flexibility index (Phi) is 4.07. The molecule has 0 unspecified atom stereocenters. The number of ether oxygens (including phenoxy) is 1. The van der Waals surface area contributed by atoms with E-state index in [4.69, 9.17) is 21.4 Å². The number of carbonyl (C=O) groups is 1. The SMILES string of the molecule is CCOc1ccc(-c2ccc(C(=O)O)cc2)c(Cl)c1. The van der Waals surface area contributed by atoms with Gasteiger partial charge in [-0.15, -0.1) is 0 Å². The molecule has 0 aliphatic heterocycles. The van der Waals surface area contributed by atoms with Crippen molar-refractivity contribution in [1.82, 2.24) is 0 Å². The van der Waals surface area contributed by atoms with Crippen LogP contribution in [-0.4, -0.2) is 17.7 Å². The van der Waals surface area contributed by atoms with E-state index >= 15 is 0 Å². The maximum absolute atomic E-state index is 10.8. The van der Waals surface area contributed by atoms with Crippen molar-refractivity contribution in [2.75, 3.05) is 6.61 Å². The van der Waals surface area contributed by atoms with E-state index in [1.54, 1.807) is 30.3 Å². The van der Waals surface area contributed by atoms with Crippen molar-refractivity contribution >= 4 is 17.6 Å². The van der Waals surface area contributed by atoms with Crippen LogP contribution in [0.25, 0.3) is 11.1 Å². The third-order valence-corrected chi connectivity index (χ3v) is 3.01. The zero-order valence-electron chi connectivity index (χ0n) is 10.4. The van der Waals surface area contributed by atoms with Gasteiger partial charge in [-0.3, -0.25) is 0 Å². The Labute approximate surface area is 116 Å². The minimum Gasteiger partial charge on any atom is -0.494 e. The van der Waals surface area contributed by atoms with Crippen LogP contribution in [-0.2, 0) is 0 Å². The first-order valence-corrected chi connectivity index (χ1v) is 6.25. The van der Waals surface area contributed by atoms with Crippen molar-refractivity contribution < 1.29 is 14.6 Å². The molecule has 0 saturated carbocycles. The van der Waals surface area contributed by atoms with Gasteiger partial charge in [-0.1, -0.05) is 23.7 Å². The second-order valence-electron chi connectivity index (χ2n) is 3.96. The Morgan fingerprint density at radius 3 is 2.42 bits per heavy atom. The molecule has 1 N–H and O–H groups in total. The predicted octanol–water partition coefficient (Wildman–Crippen LogP) is 4.10. The molecule has 0 heterocycles. The normalized spacial score (nSPS) is 10.2. The van der Waals surface area contributed by atoms with Gasteiger partial charge in [0.1, 0.15) is 5.75 Å². The largest absolute Gasteiger partial charge is 0.494 e. The zero-order chi connectivity index (χ0) is 13.8. The van der Waals surface area contributed by atoms with Crippen LogP contribution >= 0.6 is 11.6 Å². The lowest BCUT2D eigenvalue weighted by Crippen LogP contribution is -1.95. The summed E-state index contributed by atoms with van der Waals surface area (Å²) in [5, 5.41) is 9.43. The molecule has 0 radical (unpaired) electrons. The van der Waals surface area contributed by atoms with Crippen LogP contribution in [0.5, 0.6) is 5.75 Å². The fourth-order valence-corrected chi connectivity index (χ4v) is 2.06. The molecule has 0 atom stereocenters. The molecule has 0 bridgehead atoms. The van der Waals surface area contributed by atoms with Crippen LogP contribution in [0.15, 0.2) is 42.5 Å². The maximum atomic E-state index is 10.8. The van der Waals surface area contributed by atoms with Gasteiger partial charge in [0.2, 0.25) is 0 Å². The molecule has 2 aromatic rings. The van der Waals surface area contributed by atoms with Crippen LogP contribution in [0.3, 0.4) is 0 Å². The monoisotopic (exact) mass is 276 g/mol. The van der Waals surface area contributed by atoms with E-state index in [0.717, 1.165) is 16.9 Å². The van der Waals surface area contributed by atoms with Crippen LogP contribution in [0.1, 0.15) is 17.3 Å². The summed E-state index contributed by atoms with van der Waals surface area (Å²) in [6.07, 6.45) is 0. The highest BCUT2D eigenvalue weighted by atomic mass is 35.5. The lowest BCUT2D eigenvalue weighted by molar-refractivity contribution is 0.0697. The molecule has 98 valence electrons. The minimum absolute atomic E-state index is 0.255. The van der Waals surface area contributed by atoms with Crippen molar-refractivity contribution in [3.63, 3.8) is 0 Å². The standard InChI is InChI=1S/C15H13ClO3/c1-2-19-12-7-8-13(14(16)9-12)10-3-5-11(6-4-10)15(17)18/h3-9H,2H2,1H3,(H,17,18). The Morgan fingerprint density at radius 2 is 1.89 bits per heavy atom. The second-order valence-corrected chi connectivity index (χ2v) is 4.36. The summed E-state index contributed by atoms with van der Waals surface area (Å²) in [4.78, 5) is 10.8. The van der Waals surface area contributed by atoms with Gasteiger partial charge in [0, 0.05) is 5.56 Å². The Morgan fingerprint density at radius 1 is 1.21 bits per heavy atom. The molecule has 4 heteroatoms. The van der Waals surface area contributed by atoms with Crippen LogP contribution in [0, 0.1) is 0 Å². The molecule has 0 saturated heterocycles. The predicted molar refractivity (Wildman–Crippen MR) is 75.0 cm³/mol. The lowest BCUT2D eigenvalue weighted by Gasteiger charge is -2.08. The van der Waals surface area contributed by atoms with Gasteiger partial charge in [0.15, 0.2) is 0 Å². The van der Waals surface area contributed by atoms with E-state index in [1.165, 1.54) is 0 Å². The van der Waals surface area contributed by atoms with Crippen molar-refractivity contribution in [2.45, 2.75) is 6.92 Å². The van der Waals surface area contributed by atoms with Crippen LogP contribution < -0.4 is 4.74 Å². The number of hydrogen-bond acceptors (Lipinski definition) is 2. The smallest absolute Gasteiger partial charge is 0.335 e. The molecular formula is C15H13ClO3. The molecule has 0 aromatic heterocycles. The summed E-state index contributed by atoms with van der Waals surface area (Å²) in [6.45, 7) is 2.50. The number of carboxylic acid groups (broad SMARTS) is 1. The molecule has 3 nitrogen and oxygen atoms in total. The van der Waals surface area contributed by atoms with Crippen molar-refractivity contribution in [3.8, 4) is 16.9 Å². The quantitative estimate of drug-likeness (QED) is 0.914. The Bertz CT molecular complexity index is 591. The van der Waals surface area contributed by atoms with E-state index in [9.17, 15) is 4.79 Å². The van der Waals surface area contributed by atoms with Gasteiger partial charge in [-0.25, -0.2) is 4.79 Å². The van der Waals surface area contributed by atoms with Gasteiger partial charge < -0.3 is 9.84 Å². The first-order valence-electron chi connectivity index (χ1n) is 5.88. The topological polar surface area (TPSA) is 46.5 Å². The third kappa shape index (κ3) is 3.06. The first-order chi connectivity index (χ1) is 9.11. The van der Waals surface area contributed by atoms with E-state index in [0.29, 0.717) is 11.6 Å². The molecule has 0 aliphatic rings. The third-order valence-electron chi connectivity index (χ3n) is 2.69. The van der Waals surface area contributed by atoms with Crippen molar-refractivity contribution in [3.05, 3.63) is 53.1 Å². The summed E-state index contributed by atoms with van der Waals surface area (Å²) in [5.74, 6) is -0.220. The van der Waals surface area contributed by atoms with E-state index < -0.39 is 5.97 Å². The van der Waals surface area contributed by atoms with Crippen LogP contribution in [0.2, 0.25) is 5.02 Å². The highest BCUT2D eigenvalue weighted by molar-refractivity contribution is 6.33. The summed E-state index contributed by atoms with van der Waals surface area (Å²) in [6, 6.07) is 12.1. The summed E-state index contributed by atoms with van der Waals surface area (Å²) >= 11 is 6.21. The number of benzene rings is 2. The molecule has 0 aliphatic carbocycles. The Hall–Kier alpha value is -2.00. The number of halogens is 1. The molecule has 0 amide bonds. The van der Waals surface area contributed by atoms with Gasteiger partial charge >= 0.3 is 5.97 Å². The van der Waals surface area contributed by atoms with E-state index in [1.807, 2.05) is 19.1 Å². The highest BCUT2D eigenvalue weighted by Gasteiger charge is 2.07. The Balaban J connectivity index is 2.33. The molecule has 0 fully saturated rings. The van der Waals surface area contributed by atoms with Crippen molar-refractivity contribution in [2.24, 2.45) is 0 Å². The number of hydrogen-bond donors (Lipinski definition) is 1. The van der Waals surface area contributed by atoms with Gasteiger partial charge in [-0.2, -0.15) is 0 Å². The summed E-state index contributed by atoms with van der Waals surface area (Å²) in [5.41, 5.74) is 1.98. The molecule has 19 heavy (non-hydrogen) atoms. The van der Waals surface area contributed by atoms with Gasteiger partial charge in [-0.05, 0) is 42.8 Å². The zero-order valence-corrected chi connectivity index (χ0v) is 11.1. The molecule has 0 spiro atoms. The maximum Gasteiger partial charge on any atom is 0.335 e. The first kappa shape index (κ1) is 13.4. The summed E-state index contributed by atoms with van der Waals surface area (Å²) in [7, 11) is 0. The molecular weight excluding hydrogens is 264 g/mol.